The zero-order chi connectivity index (χ0) is 28.0. The van der Waals surface area contributed by atoms with Crippen LogP contribution in [0.3, 0.4) is 0 Å². The van der Waals surface area contributed by atoms with Crippen LogP contribution in [0.4, 0.5) is 5.69 Å². The van der Waals surface area contributed by atoms with E-state index in [0.717, 1.165) is 35.6 Å². The van der Waals surface area contributed by atoms with E-state index in [4.69, 9.17) is 23.2 Å². The van der Waals surface area contributed by atoms with E-state index in [-0.39, 0.29) is 34.1 Å². The van der Waals surface area contributed by atoms with Gasteiger partial charge in [0, 0.05) is 17.6 Å². The summed E-state index contributed by atoms with van der Waals surface area (Å²) < 4.78 is 28.6. The molecule has 0 saturated heterocycles. The van der Waals surface area contributed by atoms with Crippen molar-refractivity contribution in [2.45, 2.75) is 56.1 Å². The van der Waals surface area contributed by atoms with Crippen LogP contribution in [0.1, 0.15) is 38.2 Å². The molecule has 1 fully saturated rings. The molecule has 7 nitrogen and oxygen atoms in total. The van der Waals surface area contributed by atoms with Crippen molar-refractivity contribution in [1.82, 2.24) is 10.2 Å². The molecular formula is C29H31Cl2N3O4S. The van der Waals surface area contributed by atoms with Gasteiger partial charge < -0.3 is 10.2 Å². The first-order valence-electron chi connectivity index (χ1n) is 12.8. The van der Waals surface area contributed by atoms with Crippen molar-refractivity contribution < 1.29 is 18.0 Å². The minimum Gasteiger partial charge on any atom is -0.352 e. The maximum atomic E-state index is 13.9. The lowest BCUT2D eigenvalue weighted by atomic mass is 10.1. The number of carbonyl (C=O) groups is 2. The van der Waals surface area contributed by atoms with E-state index >= 15 is 0 Å². The van der Waals surface area contributed by atoms with Crippen LogP contribution >= 0.6 is 23.2 Å². The van der Waals surface area contributed by atoms with Gasteiger partial charge in [0.15, 0.2) is 0 Å². The summed E-state index contributed by atoms with van der Waals surface area (Å²) in [5.41, 5.74) is 0.925. The third kappa shape index (κ3) is 7.12. The van der Waals surface area contributed by atoms with Crippen molar-refractivity contribution in [2.75, 3.05) is 10.8 Å². The van der Waals surface area contributed by atoms with E-state index in [1.165, 1.54) is 35.2 Å². The van der Waals surface area contributed by atoms with Gasteiger partial charge in [-0.15, -0.1) is 0 Å². The van der Waals surface area contributed by atoms with Crippen molar-refractivity contribution >= 4 is 50.7 Å². The topological polar surface area (TPSA) is 86.8 Å². The molecule has 1 atom stereocenters. The van der Waals surface area contributed by atoms with E-state index in [9.17, 15) is 18.0 Å². The summed E-state index contributed by atoms with van der Waals surface area (Å²) >= 11 is 12.5. The predicted molar refractivity (Wildman–Crippen MR) is 154 cm³/mol. The van der Waals surface area contributed by atoms with E-state index in [0.29, 0.717) is 5.02 Å². The highest BCUT2D eigenvalue weighted by molar-refractivity contribution is 7.92. The van der Waals surface area contributed by atoms with Gasteiger partial charge in [0.1, 0.15) is 12.6 Å². The molecule has 10 heteroatoms. The maximum absolute atomic E-state index is 13.9. The van der Waals surface area contributed by atoms with Gasteiger partial charge in [-0.3, -0.25) is 13.9 Å². The monoisotopic (exact) mass is 587 g/mol. The summed E-state index contributed by atoms with van der Waals surface area (Å²) in [4.78, 5) is 28.6. The Balaban J connectivity index is 1.69. The molecule has 4 rings (SSSR count). The summed E-state index contributed by atoms with van der Waals surface area (Å²) in [6, 6.07) is 20.8. The third-order valence-electron chi connectivity index (χ3n) is 6.85. The standard InChI is InChI=1S/C29H31Cl2N3O4S/c1-21(29(36)32-24-12-8-9-13-24)33(19-22-10-4-2-5-11-22)28(35)20-34(27-17-16-23(30)18-26(27)31)39(37,38)25-14-6-3-7-15-25/h2-7,10-11,14-18,21,24H,8-9,12-13,19-20H2,1H3,(H,32,36). The van der Waals surface area contributed by atoms with Crippen molar-refractivity contribution in [3.05, 3.63) is 94.5 Å². The Morgan fingerprint density at radius 1 is 0.949 bits per heavy atom. The molecule has 1 aliphatic rings. The largest absolute Gasteiger partial charge is 0.352 e. The molecule has 0 radical (unpaired) electrons. The van der Waals surface area contributed by atoms with Crippen LogP contribution < -0.4 is 9.62 Å². The number of nitrogens with zero attached hydrogens (tertiary/aromatic N) is 2. The van der Waals surface area contributed by atoms with Gasteiger partial charge in [-0.1, -0.05) is 84.6 Å². The van der Waals surface area contributed by atoms with E-state index in [2.05, 4.69) is 5.32 Å². The highest BCUT2D eigenvalue weighted by atomic mass is 35.5. The van der Waals surface area contributed by atoms with Gasteiger partial charge in [-0.25, -0.2) is 8.42 Å². The summed E-state index contributed by atoms with van der Waals surface area (Å²) in [7, 11) is -4.20. The average Bonchev–Trinajstić information content (AvgIpc) is 3.44. The molecule has 206 valence electrons. The molecule has 1 aliphatic carbocycles. The second-order valence-electron chi connectivity index (χ2n) is 9.59. The molecule has 1 saturated carbocycles. The van der Waals surface area contributed by atoms with Gasteiger partial charge in [-0.2, -0.15) is 0 Å². The molecule has 0 aliphatic heterocycles. The number of nitrogens with one attached hydrogen (secondary N) is 1. The number of hydrogen-bond donors (Lipinski definition) is 1. The fourth-order valence-electron chi connectivity index (χ4n) is 4.67. The first-order valence-corrected chi connectivity index (χ1v) is 15.0. The lowest BCUT2D eigenvalue weighted by Crippen LogP contribution is -2.52. The van der Waals surface area contributed by atoms with Crippen molar-refractivity contribution in [3.63, 3.8) is 0 Å². The Kier molecular flexibility index (Phi) is 9.53. The van der Waals surface area contributed by atoms with Crippen LogP contribution in [-0.4, -0.2) is 43.8 Å². The van der Waals surface area contributed by atoms with Crippen molar-refractivity contribution in [2.24, 2.45) is 0 Å². The Bertz CT molecular complexity index is 1400. The number of benzene rings is 3. The highest BCUT2D eigenvalue weighted by Gasteiger charge is 2.34. The second-order valence-corrected chi connectivity index (χ2v) is 12.3. The molecular weight excluding hydrogens is 557 g/mol. The molecule has 0 aromatic heterocycles. The van der Waals surface area contributed by atoms with E-state index in [1.54, 1.807) is 25.1 Å². The van der Waals surface area contributed by atoms with Gasteiger partial charge in [0.2, 0.25) is 11.8 Å². The fourth-order valence-corrected chi connectivity index (χ4v) is 6.69. The molecule has 0 bridgehead atoms. The van der Waals surface area contributed by atoms with Crippen LogP contribution in [0, 0.1) is 0 Å². The number of hydrogen-bond acceptors (Lipinski definition) is 4. The molecule has 3 aromatic rings. The summed E-state index contributed by atoms with van der Waals surface area (Å²) in [5, 5.41) is 3.46. The summed E-state index contributed by atoms with van der Waals surface area (Å²) in [6.45, 7) is 1.23. The van der Waals surface area contributed by atoms with Crippen LogP contribution in [0.15, 0.2) is 83.8 Å². The smallest absolute Gasteiger partial charge is 0.264 e. The van der Waals surface area contributed by atoms with Crippen molar-refractivity contribution in [1.29, 1.82) is 0 Å². The molecule has 0 heterocycles. The van der Waals surface area contributed by atoms with Crippen LogP contribution in [-0.2, 0) is 26.2 Å². The second kappa shape index (κ2) is 12.9. The van der Waals surface area contributed by atoms with Gasteiger partial charge in [0.25, 0.3) is 10.0 Å². The number of rotatable bonds is 10. The molecule has 39 heavy (non-hydrogen) atoms. The molecule has 0 spiro atoms. The number of carbonyl (C=O) groups excluding carboxylic acids is 2. The maximum Gasteiger partial charge on any atom is 0.264 e. The molecule has 3 aromatic carbocycles. The molecule has 1 unspecified atom stereocenters. The number of amides is 2. The molecule has 2 amide bonds. The Labute approximate surface area is 239 Å². The zero-order valence-corrected chi connectivity index (χ0v) is 23.9. The summed E-state index contributed by atoms with van der Waals surface area (Å²) in [5.74, 6) is -0.813. The minimum absolute atomic E-state index is 0.00505. The van der Waals surface area contributed by atoms with Gasteiger partial charge >= 0.3 is 0 Å². The lowest BCUT2D eigenvalue weighted by molar-refractivity contribution is -0.139. The van der Waals surface area contributed by atoms with Gasteiger partial charge in [-0.05, 0) is 55.7 Å². The zero-order valence-electron chi connectivity index (χ0n) is 21.6. The highest BCUT2D eigenvalue weighted by Crippen LogP contribution is 2.33. The Morgan fingerprint density at radius 2 is 1.56 bits per heavy atom. The van der Waals surface area contributed by atoms with Crippen LogP contribution in [0.2, 0.25) is 10.0 Å². The lowest BCUT2D eigenvalue weighted by Gasteiger charge is -2.32. The Morgan fingerprint density at radius 3 is 2.18 bits per heavy atom. The Hall–Kier alpha value is -3.07. The normalized spacial score (nSPS) is 14.5. The van der Waals surface area contributed by atoms with Crippen LogP contribution in [0.5, 0.6) is 0 Å². The third-order valence-corrected chi connectivity index (χ3v) is 9.16. The summed E-state index contributed by atoms with van der Waals surface area (Å²) in [6.07, 6.45) is 3.92. The van der Waals surface area contributed by atoms with Crippen molar-refractivity contribution in [3.8, 4) is 0 Å². The SMILES string of the molecule is CC(C(=O)NC1CCCC1)N(Cc1ccccc1)C(=O)CN(c1ccc(Cl)cc1Cl)S(=O)(=O)c1ccccc1. The molecule has 1 N–H and O–H groups in total. The predicted octanol–water partition coefficient (Wildman–Crippen LogP) is 5.66. The first-order chi connectivity index (χ1) is 18.7. The fraction of sp³-hybridized carbons (Fsp3) is 0.310. The van der Waals surface area contributed by atoms with E-state index < -0.39 is 28.5 Å². The van der Waals surface area contributed by atoms with E-state index in [1.807, 2.05) is 30.3 Å². The quantitative estimate of drug-likeness (QED) is 0.331. The number of anilines is 1. The minimum atomic E-state index is -4.20. The average molecular weight is 589 g/mol. The first kappa shape index (κ1) is 28.9. The number of halogens is 2. The van der Waals surface area contributed by atoms with Gasteiger partial charge in [0.05, 0.1) is 15.6 Å². The van der Waals surface area contributed by atoms with Crippen LogP contribution in [0.25, 0.3) is 0 Å². The number of sulfonamides is 1.